The van der Waals surface area contributed by atoms with Crippen LogP contribution in [0.5, 0.6) is 11.5 Å². The third-order valence-corrected chi connectivity index (χ3v) is 6.00. The molecule has 0 spiro atoms. The third kappa shape index (κ3) is 9.54. The Kier molecular flexibility index (Phi) is 11.1. The van der Waals surface area contributed by atoms with Crippen molar-refractivity contribution in [1.82, 2.24) is 0 Å². The van der Waals surface area contributed by atoms with Crippen molar-refractivity contribution < 1.29 is 28.5 Å². The molecule has 0 amide bonds. The largest absolute Gasteiger partial charge is 0.491 e. The summed E-state index contributed by atoms with van der Waals surface area (Å²) in [5.41, 5.74) is 2.94. The molecule has 0 aromatic heterocycles. The molecule has 0 aliphatic rings. The van der Waals surface area contributed by atoms with E-state index in [1.165, 1.54) is 0 Å². The van der Waals surface area contributed by atoms with Crippen molar-refractivity contribution in [3.63, 3.8) is 0 Å². The molecule has 0 aliphatic heterocycles. The molecule has 6 nitrogen and oxygen atoms in total. The Balaban J connectivity index is 1.89. The molecule has 2 unspecified atom stereocenters. The van der Waals surface area contributed by atoms with E-state index in [1.54, 1.807) is 13.8 Å². The van der Waals surface area contributed by atoms with Gasteiger partial charge in [-0.05, 0) is 68.7 Å². The number of hydrogen-bond donors (Lipinski definition) is 0. The molecule has 37 heavy (non-hydrogen) atoms. The first-order chi connectivity index (χ1) is 17.4. The van der Waals surface area contributed by atoms with Gasteiger partial charge in [0.2, 0.25) is 0 Å². The number of benzene rings is 2. The first kappa shape index (κ1) is 29.8. The number of ether oxygens (including phenoxy) is 4. The van der Waals surface area contributed by atoms with Crippen LogP contribution in [0.4, 0.5) is 0 Å². The summed E-state index contributed by atoms with van der Waals surface area (Å²) in [5.74, 6) is 1.00. The van der Waals surface area contributed by atoms with Gasteiger partial charge >= 0.3 is 5.97 Å². The zero-order valence-electron chi connectivity index (χ0n) is 23.0. The number of rotatable bonds is 15. The van der Waals surface area contributed by atoms with Crippen LogP contribution in [0, 0.1) is 0 Å². The maximum Gasteiger partial charge on any atom is 0.333 e. The monoisotopic (exact) mass is 508 g/mol. The molecule has 0 saturated heterocycles. The van der Waals surface area contributed by atoms with Gasteiger partial charge in [-0.1, -0.05) is 51.3 Å². The molecule has 2 atom stereocenters. The van der Waals surface area contributed by atoms with Crippen molar-refractivity contribution in [2.75, 3.05) is 19.8 Å². The van der Waals surface area contributed by atoms with Crippen molar-refractivity contribution >= 4 is 11.8 Å². The quantitative estimate of drug-likeness (QED) is 0.162. The van der Waals surface area contributed by atoms with Gasteiger partial charge in [0.1, 0.15) is 30.8 Å². The van der Waals surface area contributed by atoms with Crippen LogP contribution >= 0.6 is 0 Å². The maximum absolute atomic E-state index is 11.6. The van der Waals surface area contributed by atoms with Gasteiger partial charge < -0.3 is 18.9 Å². The summed E-state index contributed by atoms with van der Waals surface area (Å²) in [4.78, 5) is 23.1. The minimum absolute atomic E-state index is 0.0435. The molecule has 0 N–H and O–H groups in total. The van der Waals surface area contributed by atoms with E-state index in [4.69, 9.17) is 18.9 Å². The smallest absolute Gasteiger partial charge is 0.333 e. The summed E-state index contributed by atoms with van der Waals surface area (Å²) >= 11 is 0. The highest BCUT2D eigenvalue weighted by atomic mass is 16.6. The van der Waals surface area contributed by atoms with Gasteiger partial charge in [-0.25, -0.2) is 4.79 Å². The Morgan fingerprint density at radius 3 is 1.76 bits per heavy atom. The highest BCUT2D eigenvalue weighted by Gasteiger charge is 2.23. The molecule has 0 bridgehead atoms. The van der Waals surface area contributed by atoms with E-state index in [2.05, 4.69) is 39.1 Å². The molecule has 0 heterocycles. The van der Waals surface area contributed by atoms with E-state index in [0.29, 0.717) is 29.9 Å². The number of hydrogen-bond acceptors (Lipinski definition) is 6. The van der Waals surface area contributed by atoms with E-state index in [1.807, 2.05) is 50.2 Å². The summed E-state index contributed by atoms with van der Waals surface area (Å²) < 4.78 is 22.4. The fourth-order valence-electron chi connectivity index (χ4n) is 3.48. The van der Waals surface area contributed by atoms with Gasteiger partial charge in [-0.3, -0.25) is 4.79 Å². The minimum Gasteiger partial charge on any atom is -0.491 e. The normalized spacial score (nSPS) is 12.8. The van der Waals surface area contributed by atoms with Crippen LogP contribution < -0.4 is 9.47 Å². The Morgan fingerprint density at radius 1 is 0.811 bits per heavy atom. The Hall–Kier alpha value is -3.38. The van der Waals surface area contributed by atoms with Crippen LogP contribution in [0.1, 0.15) is 59.1 Å². The van der Waals surface area contributed by atoms with Gasteiger partial charge in [-0.15, -0.1) is 0 Å². The third-order valence-electron chi connectivity index (χ3n) is 6.00. The number of esters is 1. The van der Waals surface area contributed by atoms with Crippen molar-refractivity contribution in [1.29, 1.82) is 0 Å². The van der Waals surface area contributed by atoms with Crippen molar-refractivity contribution in [2.45, 2.75) is 65.6 Å². The zero-order chi connectivity index (χ0) is 27.6. The minimum atomic E-state index is -0.417. The lowest BCUT2D eigenvalue weighted by molar-refractivity contribution is -0.141. The van der Waals surface area contributed by atoms with Crippen LogP contribution in [0.3, 0.4) is 0 Å². The van der Waals surface area contributed by atoms with Gasteiger partial charge in [0, 0.05) is 17.4 Å². The van der Waals surface area contributed by atoms with Crippen molar-refractivity contribution in [2.24, 2.45) is 0 Å². The molecule has 2 aromatic rings. The zero-order valence-corrected chi connectivity index (χ0v) is 23.0. The molecule has 0 radical (unpaired) electrons. The van der Waals surface area contributed by atoms with E-state index < -0.39 is 5.97 Å². The Bertz CT molecular complexity index is 1070. The first-order valence-corrected chi connectivity index (χ1v) is 12.5. The fraction of sp³-hybridized carbons (Fsp3) is 0.419. The lowest BCUT2D eigenvalue weighted by Gasteiger charge is -2.27. The Morgan fingerprint density at radius 2 is 1.30 bits per heavy atom. The standard InChI is InChI=1S/C31H40O6/c1-21(2)29(32)20-34-18-17-23(5)36-27-13-9-25(10-14-27)31(7,8)26-11-15-28(16-12-26)37-24(6)19-35-30(33)22(3)4/h9-16,23-24H,1,3,17-20H2,2,4-8H3. The molecular formula is C31H40O6. The lowest BCUT2D eigenvalue weighted by atomic mass is 9.78. The Labute approximate surface area is 221 Å². The van der Waals surface area contributed by atoms with E-state index in [0.717, 1.165) is 16.9 Å². The van der Waals surface area contributed by atoms with E-state index in [-0.39, 0.29) is 36.6 Å². The van der Waals surface area contributed by atoms with E-state index >= 15 is 0 Å². The van der Waals surface area contributed by atoms with Gasteiger partial charge in [0.05, 0.1) is 12.7 Å². The number of Topliss-reactive ketones (excluding diaryl/α,β-unsaturated/α-hetero) is 1. The van der Waals surface area contributed by atoms with Crippen LogP contribution in [0.15, 0.2) is 72.8 Å². The fourth-order valence-corrected chi connectivity index (χ4v) is 3.48. The molecule has 2 rings (SSSR count). The average molecular weight is 509 g/mol. The number of ketones is 1. The predicted molar refractivity (Wildman–Crippen MR) is 146 cm³/mol. The second-order valence-corrected chi connectivity index (χ2v) is 9.95. The van der Waals surface area contributed by atoms with Gasteiger partial charge in [0.15, 0.2) is 5.78 Å². The van der Waals surface area contributed by atoms with Crippen molar-refractivity contribution in [3.8, 4) is 11.5 Å². The molecule has 6 heteroatoms. The van der Waals surface area contributed by atoms with E-state index in [9.17, 15) is 9.59 Å². The summed E-state index contributed by atoms with van der Waals surface area (Å²) in [6.45, 7) is 19.3. The molecule has 0 aliphatic carbocycles. The SMILES string of the molecule is C=C(C)C(=O)COCCC(C)Oc1ccc(C(C)(C)c2ccc(OC(C)COC(=O)C(=C)C)cc2)cc1. The average Bonchev–Trinajstić information content (AvgIpc) is 2.85. The number of carbonyl (C=O) groups is 2. The van der Waals surface area contributed by atoms with Crippen LogP contribution in [-0.4, -0.2) is 43.8 Å². The first-order valence-electron chi connectivity index (χ1n) is 12.5. The number of carbonyl (C=O) groups excluding carboxylic acids is 2. The molecular weight excluding hydrogens is 468 g/mol. The molecule has 0 saturated carbocycles. The molecule has 0 fully saturated rings. The summed E-state index contributed by atoms with van der Waals surface area (Å²) in [6.07, 6.45) is 0.362. The summed E-state index contributed by atoms with van der Waals surface area (Å²) in [5, 5.41) is 0. The highest BCUT2D eigenvalue weighted by molar-refractivity contribution is 5.95. The second kappa shape index (κ2) is 13.8. The van der Waals surface area contributed by atoms with Crippen LogP contribution in [-0.2, 0) is 24.5 Å². The van der Waals surface area contributed by atoms with Gasteiger partial charge in [0.25, 0.3) is 0 Å². The van der Waals surface area contributed by atoms with Crippen LogP contribution in [0.2, 0.25) is 0 Å². The topological polar surface area (TPSA) is 71.1 Å². The lowest BCUT2D eigenvalue weighted by Crippen LogP contribution is -2.22. The summed E-state index contributed by atoms with van der Waals surface area (Å²) in [6, 6.07) is 16.1. The summed E-state index contributed by atoms with van der Waals surface area (Å²) in [7, 11) is 0. The second-order valence-electron chi connectivity index (χ2n) is 9.95. The van der Waals surface area contributed by atoms with Crippen LogP contribution in [0.25, 0.3) is 0 Å². The molecule has 200 valence electrons. The molecule has 2 aromatic carbocycles. The van der Waals surface area contributed by atoms with Gasteiger partial charge in [-0.2, -0.15) is 0 Å². The highest BCUT2D eigenvalue weighted by Crippen LogP contribution is 2.33. The van der Waals surface area contributed by atoms with Crippen molar-refractivity contribution in [3.05, 3.63) is 84.0 Å². The maximum atomic E-state index is 11.6. The predicted octanol–water partition coefficient (Wildman–Crippen LogP) is 6.22.